The maximum absolute atomic E-state index is 14.0. The molecule has 2 aromatic carbocycles. The van der Waals surface area contributed by atoms with Crippen LogP contribution in [0.3, 0.4) is 0 Å². The van der Waals surface area contributed by atoms with Gasteiger partial charge in [0.25, 0.3) is 0 Å². The van der Waals surface area contributed by atoms with Crippen molar-refractivity contribution in [3.8, 4) is 11.5 Å². The number of aromatic hydroxyl groups is 2. The largest absolute Gasteiger partial charge is 0.508 e. The van der Waals surface area contributed by atoms with Gasteiger partial charge in [-0.15, -0.1) is 0 Å². The van der Waals surface area contributed by atoms with Crippen LogP contribution in [0, 0.1) is 5.92 Å². The highest BCUT2D eigenvalue weighted by Gasteiger charge is 2.36. The van der Waals surface area contributed by atoms with E-state index < -0.39 is 139 Å². The average Bonchev–Trinajstić information content (AvgIpc) is 3.40. The Kier molecular flexibility index (Phi) is 29.4. The molecule has 0 bridgehead atoms. The lowest BCUT2D eigenvalue weighted by Gasteiger charge is -2.29. The van der Waals surface area contributed by atoms with E-state index in [-0.39, 0.29) is 81.5 Å². The van der Waals surface area contributed by atoms with Crippen molar-refractivity contribution in [2.45, 2.75) is 133 Å². The van der Waals surface area contributed by atoms with Gasteiger partial charge < -0.3 is 102 Å². The molecule has 0 aliphatic heterocycles. The van der Waals surface area contributed by atoms with Gasteiger partial charge in [-0.1, -0.05) is 44.5 Å². The molecule has 31 heteroatoms. The highest BCUT2D eigenvalue weighted by molar-refractivity contribution is 5.98. The number of carbonyl (C=O) groups excluding carboxylic acids is 9. The van der Waals surface area contributed by atoms with Gasteiger partial charge in [0, 0.05) is 32.4 Å². The van der Waals surface area contributed by atoms with E-state index in [0.717, 1.165) is 6.92 Å². The Hall–Kier alpha value is -8.84. The van der Waals surface area contributed by atoms with Crippen LogP contribution >= 0.6 is 0 Å². The molecule has 2 rings (SSSR count). The standard InChI is InChI=1S/C50H78N16O15/c1-4-25(2)39(46(78)63-35(22-28-11-15-30(70)16-12-28)44(76)61-33(48(80)81)17-18-37(52)71)66-45(77)36(24-67)64-47(79)40(26(3)68)65-38(72)23-59-42(74)34(21-27-9-13-29(69)14-10-27)62-43(75)32(8-6-20-58-50(55)56)60-41(73)31(51)7-5-19-57-49(53)54/h9-16,25-26,31-36,39-40,67-70H,4-8,17-24,51H2,1-3H3,(H2,52,71)(H,59,74)(H,60,73)(H,61,76)(H,62,75)(H,63,78)(H,64,79)(H,65,72)(H,66,77)(H,80,81)(H4,53,54,57)(H4,55,56,58)/t25-,26+,31-,32-,33-,34-,35-,36-,39-,40-/m0/s1. The van der Waals surface area contributed by atoms with Crippen molar-refractivity contribution in [1.82, 2.24) is 42.5 Å². The first-order valence-corrected chi connectivity index (χ1v) is 25.8. The smallest absolute Gasteiger partial charge is 0.326 e. The fourth-order valence-electron chi connectivity index (χ4n) is 7.54. The third kappa shape index (κ3) is 25.7. The molecule has 0 radical (unpaired) electrons. The summed E-state index contributed by atoms with van der Waals surface area (Å²) in [5.74, 6) is -11.5. The van der Waals surface area contributed by atoms with E-state index in [1.165, 1.54) is 48.5 Å². The molecule has 31 nitrogen and oxygen atoms in total. The number of hydrogen-bond acceptors (Lipinski definition) is 17. The molecule has 25 N–H and O–H groups in total. The van der Waals surface area contributed by atoms with Gasteiger partial charge in [-0.2, -0.15) is 0 Å². The minimum atomic E-state index is -1.84. The number of guanidine groups is 2. The van der Waals surface area contributed by atoms with Gasteiger partial charge in [0.1, 0.15) is 53.8 Å². The number of carboxylic acids is 1. The number of aliphatic carboxylic acids is 1. The fraction of sp³-hybridized carbons (Fsp3) is 0.520. The maximum Gasteiger partial charge on any atom is 0.326 e. The summed E-state index contributed by atoms with van der Waals surface area (Å²) in [6.45, 7) is 2.63. The number of nitrogens with zero attached hydrogens (tertiary/aromatic N) is 2. The molecule has 81 heavy (non-hydrogen) atoms. The van der Waals surface area contributed by atoms with E-state index in [0.29, 0.717) is 17.5 Å². The van der Waals surface area contributed by atoms with Crippen LogP contribution in [0.25, 0.3) is 0 Å². The maximum atomic E-state index is 14.0. The van der Waals surface area contributed by atoms with E-state index in [1.807, 2.05) is 0 Å². The first kappa shape index (κ1) is 68.3. The molecule has 448 valence electrons. The van der Waals surface area contributed by atoms with E-state index in [9.17, 15) is 73.5 Å². The van der Waals surface area contributed by atoms with E-state index >= 15 is 0 Å². The summed E-state index contributed by atoms with van der Waals surface area (Å²) in [5.41, 5.74) is 33.7. The van der Waals surface area contributed by atoms with E-state index in [2.05, 4.69) is 52.5 Å². The molecular formula is C50H78N16O15. The molecule has 0 aliphatic carbocycles. The number of carboxylic acid groups (broad SMARTS) is 1. The van der Waals surface area contributed by atoms with Crippen molar-refractivity contribution in [3.63, 3.8) is 0 Å². The number of nitrogens with one attached hydrogen (secondary N) is 8. The molecule has 0 aromatic heterocycles. The summed E-state index contributed by atoms with van der Waals surface area (Å²) in [6, 6.07) is -1.00. The van der Waals surface area contributed by atoms with Crippen LogP contribution in [-0.2, 0) is 60.8 Å². The van der Waals surface area contributed by atoms with Crippen LogP contribution in [0.5, 0.6) is 11.5 Å². The number of benzene rings is 2. The zero-order valence-electron chi connectivity index (χ0n) is 45.3. The number of primary amides is 1. The van der Waals surface area contributed by atoms with Gasteiger partial charge in [0.15, 0.2) is 11.9 Å². The molecule has 0 fully saturated rings. The molecule has 0 aliphatic rings. The van der Waals surface area contributed by atoms with Crippen LogP contribution in [0.1, 0.15) is 76.8 Å². The van der Waals surface area contributed by atoms with Crippen LogP contribution < -0.4 is 76.9 Å². The van der Waals surface area contributed by atoms with Crippen molar-refractivity contribution in [1.29, 1.82) is 0 Å². The summed E-state index contributed by atoms with van der Waals surface area (Å²) in [4.78, 5) is 140. The van der Waals surface area contributed by atoms with Gasteiger partial charge in [-0.3, -0.25) is 53.1 Å². The zero-order chi connectivity index (χ0) is 60.9. The Balaban J connectivity index is 2.29. The quantitative estimate of drug-likeness (QED) is 0.0171. The van der Waals surface area contributed by atoms with Crippen molar-refractivity contribution in [2.24, 2.45) is 50.3 Å². The number of aliphatic hydroxyl groups excluding tert-OH is 2. The summed E-state index contributed by atoms with van der Waals surface area (Å²) in [6.07, 6.45) is -2.08. The number of aliphatic hydroxyl groups is 2. The number of phenolic OH excluding ortho intramolecular Hbond substituents is 2. The highest BCUT2D eigenvalue weighted by Crippen LogP contribution is 2.15. The molecule has 0 unspecified atom stereocenters. The van der Waals surface area contributed by atoms with Crippen LogP contribution in [0.15, 0.2) is 58.5 Å². The second kappa shape index (κ2) is 34.9. The number of aliphatic imine (C=N–C) groups is 2. The number of carbonyl (C=O) groups is 10. The Bertz CT molecular complexity index is 2510. The van der Waals surface area contributed by atoms with Crippen molar-refractivity contribution >= 4 is 71.1 Å². The van der Waals surface area contributed by atoms with E-state index in [4.69, 9.17) is 34.4 Å². The van der Waals surface area contributed by atoms with E-state index in [1.54, 1.807) is 13.8 Å². The van der Waals surface area contributed by atoms with Crippen LogP contribution in [0.2, 0.25) is 0 Å². The third-order valence-corrected chi connectivity index (χ3v) is 12.3. The van der Waals surface area contributed by atoms with Gasteiger partial charge in [0.2, 0.25) is 53.2 Å². The Morgan fingerprint density at radius 2 is 0.988 bits per heavy atom. The monoisotopic (exact) mass is 1140 g/mol. The summed E-state index contributed by atoms with van der Waals surface area (Å²) in [5, 5.41) is 69.5. The summed E-state index contributed by atoms with van der Waals surface area (Å²) < 4.78 is 0. The normalized spacial score (nSPS) is 14.6. The topological polar surface area (TPSA) is 549 Å². The number of phenols is 2. The first-order chi connectivity index (χ1) is 38.1. The predicted octanol–water partition coefficient (Wildman–Crippen LogP) is -6.40. The molecule has 9 amide bonds. The lowest BCUT2D eigenvalue weighted by molar-refractivity contribution is -0.142. The first-order valence-electron chi connectivity index (χ1n) is 25.8. The molecule has 2 aromatic rings. The van der Waals surface area contributed by atoms with Crippen molar-refractivity contribution < 1.29 is 73.5 Å². The van der Waals surface area contributed by atoms with Gasteiger partial charge in [-0.25, -0.2) is 4.79 Å². The van der Waals surface area contributed by atoms with Gasteiger partial charge >= 0.3 is 5.97 Å². The number of nitrogens with two attached hydrogens (primary N) is 6. The lowest BCUT2D eigenvalue weighted by Crippen LogP contribution is -2.62. The number of amides is 9. The molecule has 10 atom stereocenters. The number of hydrogen-bond donors (Lipinski definition) is 19. The zero-order valence-corrected chi connectivity index (χ0v) is 45.3. The van der Waals surface area contributed by atoms with Crippen molar-refractivity contribution in [3.05, 3.63) is 59.7 Å². The van der Waals surface area contributed by atoms with Gasteiger partial charge in [0.05, 0.1) is 25.3 Å². The second-order valence-corrected chi connectivity index (χ2v) is 19.0. The molecule has 0 saturated carbocycles. The van der Waals surface area contributed by atoms with Crippen LogP contribution in [-0.4, -0.2) is 177 Å². The van der Waals surface area contributed by atoms with Crippen LogP contribution in [0.4, 0.5) is 0 Å². The summed E-state index contributed by atoms with van der Waals surface area (Å²) in [7, 11) is 0. The number of rotatable bonds is 36. The van der Waals surface area contributed by atoms with Gasteiger partial charge in [-0.05, 0) is 80.3 Å². The minimum Gasteiger partial charge on any atom is -0.508 e. The Labute approximate surface area is 466 Å². The average molecular weight is 1140 g/mol. The summed E-state index contributed by atoms with van der Waals surface area (Å²) >= 11 is 0. The lowest BCUT2D eigenvalue weighted by atomic mass is 9.96. The molecule has 0 heterocycles. The SMILES string of the molecule is CC[C@H](C)[C@H](NC(=O)[C@H](CO)NC(=O)[C@@H](NC(=O)CNC(=O)[C@H](Cc1ccc(O)cc1)NC(=O)[C@H](CCCN=C(N)N)NC(=O)[C@@H](N)CCCN=C(N)N)[C@@H](C)O)C(=O)N[C@@H](Cc1ccc(O)cc1)C(=O)N[C@@H](CCC(N)=O)C(=O)O. The predicted molar refractivity (Wildman–Crippen MR) is 292 cm³/mol. The molecule has 0 spiro atoms. The highest BCUT2D eigenvalue weighted by atomic mass is 16.4. The Morgan fingerprint density at radius 1 is 0.543 bits per heavy atom. The third-order valence-electron chi connectivity index (χ3n) is 12.3. The van der Waals surface area contributed by atoms with Crippen molar-refractivity contribution in [2.75, 3.05) is 26.2 Å². The molecular weight excluding hydrogens is 1060 g/mol. The minimum absolute atomic E-state index is 0.0372. The molecule has 0 saturated heterocycles. The second-order valence-electron chi connectivity index (χ2n) is 19.0. The fourth-order valence-corrected chi connectivity index (χ4v) is 7.54. The Morgan fingerprint density at radius 3 is 1.47 bits per heavy atom.